The lowest BCUT2D eigenvalue weighted by Gasteiger charge is -2.01. The second kappa shape index (κ2) is 6.65. The molecule has 0 heterocycles. The van der Waals surface area contributed by atoms with Crippen molar-refractivity contribution in [1.29, 1.82) is 0 Å². The molecule has 0 radical (unpaired) electrons. The normalized spacial score (nSPS) is 9.38. The predicted molar refractivity (Wildman–Crippen MR) is 49.4 cm³/mol. The van der Waals surface area contributed by atoms with Gasteiger partial charge in [0.25, 0.3) is 0 Å². The van der Waals surface area contributed by atoms with Gasteiger partial charge in [0, 0.05) is 12.7 Å². The Bertz CT molecular complexity index is 212. The van der Waals surface area contributed by atoms with Crippen molar-refractivity contribution in [3.8, 4) is 0 Å². The zero-order valence-electron chi connectivity index (χ0n) is 7.66. The fourth-order valence-electron chi connectivity index (χ4n) is 0.595. The zero-order valence-corrected chi connectivity index (χ0v) is 8.48. The summed E-state index contributed by atoms with van der Waals surface area (Å²) in [5.74, 6) is -0.306. The number of carbonyl (C=O) groups excluding carboxylic acids is 3. The van der Waals surface area contributed by atoms with E-state index in [9.17, 15) is 14.4 Å². The molecule has 0 amide bonds. The van der Waals surface area contributed by atoms with Crippen LogP contribution in [0.15, 0.2) is 0 Å². The summed E-state index contributed by atoms with van der Waals surface area (Å²) in [6.45, 7) is 2.95. The number of hydrogen-bond acceptors (Lipinski definition) is 5. The Labute approximate surface area is 81.0 Å². The van der Waals surface area contributed by atoms with E-state index in [1.165, 1.54) is 13.8 Å². The lowest BCUT2D eigenvalue weighted by molar-refractivity contribution is -0.145. The summed E-state index contributed by atoms with van der Waals surface area (Å²) in [6, 6.07) is 0. The summed E-state index contributed by atoms with van der Waals surface area (Å²) in [5, 5.41) is -0.0115. The second-order valence-electron chi connectivity index (χ2n) is 2.44. The summed E-state index contributed by atoms with van der Waals surface area (Å²) in [5.41, 5.74) is 0. The molecule has 74 valence electrons. The molecule has 0 saturated carbocycles. The average molecular weight is 204 g/mol. The van der Waals surface area contributed by atoms with Crippen LogP contribution in [0.4, 0.5) is 0 Å². The predicted octanol–water partition coefficient (Wildman–Crippen LogP) is 0.788. The summed E-state index contributed by atoms with van der Waals surface area (Å²) >= 11 is 1.09. The first-order valence-electron chi connectivity index (χ1n) is 3.81. The molecule has 0 aliphatic carbocycles. The minimum atomic E-state index is -0.531. The van der Waals surface area contributed by atoms with E-state index >= 15 is 0 Å². The van der Waals surface area contributed by atoms with E-state index in [1.54, 1.807) is 0 Å². The van der Waals surface area contributed by atoms with Crippen LogP contribution in [0.1, 0.15) is 20.3 Å². The van der Waals surface area contributed by atoms with Crippen LogP contribution >= 0.6 is 11.8 Å². The van der Waals surface area contributed by atoms with E-state index in [0.717, 1.165) is 11.8 Å². The Morgan fingerprint density at radius 1 is 1.23 bits per heavy atom. The third-order valence-corrected chi connectivity index (χ3v) is 1.82. The Hall–Kier alpha value is -0.840. The number of Topliss-reactive ketones (excluding diaryl/α,β-unsaturated/α-hetero) is 1. The van der Waals surface area contributed by atoms with Crippen LogP contribution in [0.3, 0.4) is 0 Å². The van der Waals surface area contributed by atoms with Crippen LogP contribution in [-0.2, 0) is 19.1 Å². The van der Waals surface area contributed by atoms with Gasteiger partial charge in [-0.05, 0) is 6.92 Å². The molecule has 0 bridgehead atoms. The van der Waals surface area contributed by atoms with E-state index < -0.39 is 5.97 Å². The number of ether oxygens (including phenoxy) is 1. The molecular formula is C8H12O4S. The molecule has 0 aromatic heterocycles. The maximum Gasteiger partial charge on any atom is 0.313 e. The Kier molecular flexibility index (Phi) is 6.22. The molecule has 0 aromatic rings. The largest absolute Gasteiger partial charge is 0.464 e. The highest BCUT2D eigenvalue weighted by Crippen LogP contribution is 2.00. The van der Waals surface area contributed by atoms with Crippen LogP contribution in [0, 0.1) is 0 Å². The molecule has 4 nitrogen and oxygen atoms in total. The van der Waals surface area contributed by atoms with Crippen LogP contribution in [0.5, 0.6) is 0 Å². The van der Waals surface area contributed by atoms with Crippen molar-refractivity contribution in [2.45, 2.75) is 20.3 Å². The van der Waals surface area contributed by atoms with E-state index in [1.807, 2.05) is 0 Å². The third kappa shape index (κ3) is 9.07. The standard InChI is InChI=1S/C8H12O4S/c1-6(9)5-8(11)12-3-4-13-7(2)10/h3-5H2,1-2H3. The molecule has 0 aliphatic rings. The van der Waals surface area contributed by atoms with E-state index in [2.05, 4.69) is 4.74 Å². The van der Waals surface area contributed by atoms with Crippen molar-refractivity contribution in [3.63, 3.8) is 0 Å². The van der Waals surface area contributed by atoms with E-state index in [4.69, 9.17) is 0 Å². The molecule has 0 aromatic carbocycles. The molecule has 0 atom stereocenters. The Morgan fingerprint density at radius 3 is 2.31 bits per heavy atom. The van der Waals surface area contributed by atoms with Gasteiger partial charge in [0.05, 0.1) is 0 Å². The van der Waals surface area contributed by atoms with Crippen molar-refractivity contribution >= 4 is 28.6 Å². The van der Waals surface area contributed by atoms with Crippen molar-refractivity contribution < 1.29 is 19.1 Å². The fraction of sp³-hybridized carbons (Fsp3) is 0.625. The first-order chi connectivity index (χ1) is 6.02. The highest BCUT2D eigenvalue weighted by atomic mass is 32.2. The SMILES string of the molecule is CC(=O)CC(=O)OCCSC(C)=O. The van der Waals surface area contributed by atoms with Gasteiger partial charge in [0.2, 0.25) is 0 Å². The zero-order chi connectivity index (χ0) is 10.3. The fourth-order valence-corrected chi connectivity index (χ4v) is 1.05. The van der Waals surface area contributed by atoms with E-state index in [0.29, 0.717) is 5.75 Å². The summed E-state index contributed by atoms with van der Waals surface area (Å²) in [7, 11) is 0. The van der Waals surface area contributed by atoms with Gasteiger partial charge in [0.15, 0.2) is 5.12 Å². The van der Waals surface area contributed by atoms with Gasteiger partial charge < -0.3 is 4.74 Å². The summed E-state index contributed by atoms with van der Waals surface area (Å²) in [4.78, 5) is 31.6. The van der Waals surface area contributed by atoms with Crippen molar-refractivity contribution in [1.82, 2.24) is 0 Å². The smallest absolute Gasteiger partial charge is 0.313 e. The number of thioether (sulfide) groups is 1. The van der Waals surface area contributed by atoms with Gasteiger partial charge in [-0.15, -0.1) is 0 Å². The van der Waals surface area contributed by atoms with Crippen LogP contribution in [-0.4, -0.2) is 29.2 Å². The third-order valence-electron chi connectivity index (χ3n) is 1.04. The molecule has 0 unspecified atom stereocenters. The van der Waals surface area contributed by atoms with Crippen LogP contribution in [0.25, 0.3) is 0 Å². The summed E-state index contributed by atoms with van der Waals surface area (Å²) < 4.78 is 4.67. The van der Waals surface area contributed by atoms with Crippen LogP contribution in [0.2, 0.25) is 0 Å². The molecule has 5 heteroatoms. The number of ketones is 1. The van der Waals surface area contributed by atoms with Gasteiger partial charge in [-0.25, -0.2) is 0 Å². The second-order valence-corrected chi connectivity index (χ2v) is 3.71. The maximum atomic E-state index is 10.8. The minimum Gasteiger partial charge on any atom is -0.464 e. The molecule has 0 fully saturated rings. The average Bonchev–Trinajstić information content (AvgIpc) is 1.96. The Morgan fingerprint density at radius 2 is 1.85 bits per heavy atom. The highest BCUT2D eigenvalue weighted by molar-refractivity contribution is 8.13. The first-order valence-corrected chi connectivity index (χ1v) is 4.79. The molecule has 0 saturated heterocycles. The topological polar surface area (TPSA) is 60.4 Å². The van der Waals surface area contributed by atoms with E-state index in [-0.39, 0.29) is 23.9 Å². The van der Waals surface area contributed by atoms with Gasteiger partial charge in [-0.1, -0.05) is 11.8 Å². The van der Waals surface area contributed by atoms with Gasteiger partial charge in [-0.2, -0.15) is 0 Å². The first kappa shape index (κ1) is 12.2. The van der Waals surface area contributed by atoms with Crippen LogP contribution < -0.4 is 0 Å². The highest BCUT2D eigenvalue weighted by Gasteiger charge is 2.05. The number of rotatable bonds is 5. The molecule has 13 heavy (non-hydrogen) atoms. The number of carbonyl (C=O) groups is 3. The molecule has 0 N–H and O–H groups in total. The molecule has 0 aliphatic heterocycles. The quantitative estimate of drug-likeness (QED) is 0.376. The maximum absolute atomic E-state index is 10.8. The van der Waals surface area contributed by atoms with Crippen molar-refractivity contribution in [3.05, 3.63) is 0 Å². The van der Waals surface area contributed by atoms with Crippen molar-refractivity contribution in [2.75, 3.05) is 12.4 Å². The monoisotopic (exact) mass is 204 g/mol. The molecule has 0 spiro atoms. The molecular weight excluding hydrogens is 192 g/mol. The lowest BCUT2D eigenvalue weighted by Crippen LogP contribution is -2.11. The van der Waals surface area contributed by atoms with Gasteiger partial charge in [0.1, 0.15) is 18.8 Å². The van der Waals surface area contributed by atoms with Crippen molar-refractivity contribution in [2.24, 2.45) is 0 Å². The number of hydrogen-bond donors (Lipinski definition) is 0. The minimum absolute atomic E-state index is 0.0115. The number of esters is 1. The Balaban J connectivity index is 3.37. The van der Waals surface area contributed by atoms with Gasteiger partial charge in [-0.3, -0.25) is 14.4 Å². The summed E-state index contributed by atoms with van der Waals surface area (Å²) in [6.07, 6.45) is -0.190. The lowest BCUT2D eigenvalue weighted by atomic mass is 10.3. The van der Waals surface area contributed by atoms with Gasteiger partial charge >= 0.3 is 5.97 Å². The molecule has 0 rings (SSSR count).